The van der Waals surface area contributed by atoms with Crippen molar-refractivity contribution in [3.8, 4) is 6.07 Å². The van der Waals surface area contributed by atoms with E-state index in [9.17, 15) is 4.79 Å². The second-order valence-electron chi connectivity index (χ2n) is 6.08. The van der Waals surface area contributed by atoms with Gasteiger partial charge in [-0.15, -0.1) is 0 Å². The highest BCUT2D eigenvalue weighted by Gasteiger charge is 2.35. The van der Waals surface area contributed by atoms with Crippen LogP contribution in [0, 0.1) is 17.2 Å². The maximum atomic E-state index is 12.1. The third-order valence-corrected chi connectivity index (χ3v) is 4.81. The molecule has 1 aliphatic carbocycles. The minimum Gasteiger partial charge on any atom is -0.355 e. The van der Waals surface area contributed by atoms with Gasteiger partial charge in [0.1, 0.15) is 11.9 Å². The fourth-order valence-corrected chi connectivity index (χ4v) is 3.27. The minimum atomic E-state index is 0.276. The fourth-order valence-electron chi connectivity index (χ4n) is 2.99. The van der Waals surface area contributed by atoms with Crippen molar-refractivity contribution in [2.24, 2.45) is 5.92 Å². The van der Waals surface area contributed by atoms with E-state index in [1.165, 1.54) is 0 Å². The summed E-state index contributed by atoms with van der Waals surface area (Å²) in [4.78, 5) is 20.5. The molecule has 1 aliphatic heterocycles. The minimum absolute atomic E-state index is 0.276. The molecule has 0 spiro atoms. The molecule has 0 atom stereocenters. The van der Waals surface area contributed by atoms with Gasteiger partial charge in [-0.3, -0.25) is 4.79 Å². The van der Waals surface area contributed by atoms with E-state index in [0.717, 1.165) is 44.6 Å². The molecule has 0 aromatic carbocycles. The van der Waals surface area contributed by atoms with Gasteiger partial charge in [0.25, 0.3) is 0 Å². The topological polar surface area (TPSA) is 60.2 Å². The number of halogens is 1. The molecule has 5 nitrogen and oxygen atoms in total. The maximum absolute atomic E-state index is 12.1. The summed E-state index contributed by atoms with van der Waals surface area (Å²) in [6.45, 7) is 1.65. The number of piperidine rings is 1. The zero-order chi connectivity index (χ0) is 15.7. The van der Waals surface area contributed by atoms with Crippen LogP contribution in [0.25, 0.3) is 0 Å². The Morgan fingerprint density at radius 3 is 2.64 bits per heavy atom. The van der Waals surface area contributed by atoms with Crippen molar-refractivity contribution in [2.75, 3.05) is 25.0 Å². The Balaban J connectivity index is 1.62. The maximum Gasteiger partial charge on any atom is 0.225 e. The van der Waals surface area contributed by atoms with Crippen molar-refractivity contribution < 1.29 is 4.79 Å². The molecule has 22 heavy (non-hydrogen) atoms. The first-order valence-corrected chi connectivity index (χ1v) is 8.05. The number of anilines is 1. The Hall–Kier alpha value is -1.80. The molecular weight excluding hydrogens is 300 g/mol. The summed E-state index contributed by atoms with van der Waals surface area (Å²) in [6.07, 6.45) is 5.50. The Bertz CT molecular complexity index is 615. The normalized spacial score (nSPS) is 18.9. The SMILES string of the molecule is CN(C(=O)C1CC1)C1CCN(c2ncc(C#N)cc2Cl)CC1. The third kappa shape index (κ3) is 3.02. The zero-order valence-corrected chi connectivity index (χ0v) is 13.4. The number of rotatable bonds is 3. The number of pyridine rings is 1. The van der Waals surface area contributed by atoms with Crippen LogP contribution in [-0.2, 0) is 4.79 Å². The summed E-state index contributed by atoms with van der Waals surface area (Å²) >= 11 is 6.22. The molecule has 1 saturated carbocycles. The lowest BCUT2D eigenvalue weighted by atomic mass is 10.0. The fraction of sp³-hybridized carbons (Fsp3) is 0.562. The first-order chi connectivity index (χ1) is 10.6. The van der Waals surface area contributed by atoms with Crippen LogP contribution in [0.3, 0.4) is 0 Å². The highest BCUT2D eigenvalue weighted by atomic mass is 35.5. The van der Waals surface area contributed by atoms with Crippen molar-refractivity contribution in [1.29, 1.82) is 5.26 Å². The lowest BCUT2D eigenvalue weighted by Gasteiger charge is -2.37. The van der Waals surface area contributed by atoms with E-state index in [2.05, 4.69) is 9.88 Å². The molecule has 3 rings (SSSR count). The number of aromatic nitrogens is 1. The molecule has 0 N–H and O–H groups in total. The van der Waals surface area contributed by atoms with Gasteiger partial charge in [0, 0.05) is 38.3 Å². The van der Waals surface area contributed by atoms with E-state index in [4.69, 9.17) is 16.9 Å². The number of amides is 1. The Morgan fingerprint density at radius 1 is 1.41 bits per heavy atom. The van der Waals surface area contributed by atoms with E-state index in [0.29, 0.717) is 22.5 Å². The lowest BCUT2D eigenvalue weighted by molar-refractivity contribution is -0.133. The Kier molecular flexibility index (Phi) is 4.21. The summed E-state index contributed by atoms with van der Waals surface area (Å²) in [5.41, 5.74) is 0.471. The summed E-state index contributed by atoms with van der Waals surface area (Å²) in [6, 6.07) is 4.00. The van der Waals surface area contributed by atoms with Gasteiger partial charge in [-0.05, 0) is 31.7 Å². The molecule has 0 bridgehead atoms. The van der Waals surface area contributed by atoms with E-state index in [1.54, 1.807) is 12.3 Å². The first kappa shape index (κ1) is 15.1. The smallest absolute Gasteiger partial charge is 0.225 e. The number of nitrogens with zero attached hydrogens (tertiary/aromatic N) is 4. The van der Waals surface area contributed by atoms with Crippen LogP contribution < -0.4 is 4.90 Å². The van der Waals surface area contributed by atoms with Crippen molar-refractivity contribution in [3.05, 3.63) is 22.8 Å². The largest absolute Gasteiger partial charge is 0.355 e. The van der Waals surface area contributed by atoms with Crippen LogP contribution in [0.4, 0.5) is 5.82 Å². The molecule has 0 unspecified atom stereocenters. The number of hydrogen-bond acceptors (Lipinski definition) is 4. The highest BCUT2D eigenvalue weighted by Crippen LogP contribution is 2.33. The molecule has 116 valence electrons. The Morgan fingerprint density at radius 2 is 2.09 bits per heavy atom. The van der Waals surface area contributed by atoms with Crippen molar-refractivity contribution in [2.45, 2.75) is 31.7 Å². The second-order valence-corrected chi connectivity index (χ2v) is 6.49. The van der Waals surface area contributed by atoms with Gasteiger partial charge in [-0.1, -0.05) is 11.6 Å². The average Bonchev–Trinajstić information content (AvgIpc) is 3.38. The third-order valence-electron chi connectivity index (χ3n) is 4.54. The van der Waals surface area contributed by atoms with Crippen LogP contribution >= 0.6 is 11.6 Å². The van der Waals surface area contributed by atoms with Gasteiger partial charge in [-0.25, -0.2) is 4.98 Å². The Labute approximate surface area is 135 Å². The molecule has 1 aromatic rings. The number of carbonyl (C=O) groups excluding carboxylic acids is 1. The average molecular weight is 319 g/mol. The van der Waals surface area contributed by atoms with Gasteiger partial charge in [0.2, 0.25) is 5.91 Å². The van der Waals surface area contributed by atoms with Crippen molar-refractivity contribution in [1.82, 2.24) is 9.88 Å². The summed E-state index contributed by atoms with van der Waals surface area (Å²) in [7, 11) is 1.92. The molecule has 2 fully saturated rings. The summed E-state index contributed by atoms with van der Waals surface area (Å²) in [5.74, 6) is 1.31. The van der Waals surface area contributed by atoms with Crippen LogP contribution in [0.1, 0.15) is 31.2 Å². The molecular formula is C16H19ClN4O. The number of carbonyl (C=O) groups is 1. The van der Waals surface area contributed by atoms with Crippen LogP contribution in [0.15, 0.2) is 12.3 Å². The molecule has 1 aromatic heterocycles. The van der Waals surface area contributed by atoms with E-state index >= 15 is 0 Å². The van der Waals surface area contributed by atoms with E-state index < -0.39 is 0 Å². The van der Waals surface area contributed by atoms with Crippen molar-refractivity contribution in [3.63, 3.8) is 0 Å². The van der Waals surface area contributed by atoms with Gasteiger partial charge in [-0.2, -0.15) is 5.26 Å². The van der Waals surface area contributed by atoms with Crippen LogP contribution in [-0.4, -0.2) is 42.0 Å². The molecule has 1 saturated heterocycles. The van der Waals surface area contributed by atoms with Gasteiger partial charge in [0.15, 0.2) is 0 Å². The molecule has 2 aliphatic rings. The summed E-state index contributed by atoms with van der Waals surface area (Å²) in [5, 5.41) is 9.38. The van der Waals surface area contributed by atoms with Crippen LogP contribution in [0.2, 0.25) is 5.02 Å². The molecule has 1 amide bonds. The van der Waals surface area contributed by atoms with E-state index in [-0.39, 0.29) is 5.92 Å². The molecule has 6 heteroatoms. The van der Waals surface area contributed by atoms with Gasteiger partial charge >= 0.3 is 0 Å². The van der Waals surface area contributed by atoms with Crippen LogP contribution in [0.5, 0.6) is 0 Å². The second kappa shape index (κ2) is 6.13. The predicted molar refractivity (Wildman–Crippen MR) is 84.7 cm³/mol. The quantitative estimate of drug-likeness (QED) is 0.859. The van der Waals surface area contributed by atoms with E-state index in [1.807, 2.05) is 18.0 Å². The first-order valence-electron chi connectivity index (χ1n) is 7.67. The highest BCUT2D eigenvalue weighted by molar-refractivity contribution is 6.33. The molecule has 2 heterocycles. The number of hydrogen-bond donors (Lipinski definition) is 0. The van der Waals surface area contributed by atoms with Gasteiger partial charge < -0.3 is 9.80 Å². The van der Waals surface area contributed by atoms with Crippen molar-refractivity contribution >= 4 is 23.3 Å². The summed E-state index contributed by atoms with van der Waals surface area (Å²) < 4.78 is 0. The predicted octanol–water partition coefficient (Wildman–Crippen LogP) is 2.44. The number of nitriles is 1. The van der Waals surface area contributed by atoms with Gasteiger partial charge in [0.05, 0.1) is 10.6 Å². The molecule has 0 radical (unpaired) electrons. The monoisotopic (exact) mass is 318 g/mol. The lowest BCUT2D eigenvalue weighted by Crippen LogP contribution is -2.46. The zero-order valence-electron chi connectivity index (χ0n) is 12.6. The standard InChI is InChI=1S/C16H19ClN4O/c1-20(16(22)12-2-3-12)13-4-6-21(7-5-13)15-14(17)8-11(9-18)10-19-15/h8,10,12-13H,2-7H2,1H3.